The summed E-state index contributed by atoms with van der Waals surface area (Å²) in [5, 5.41) is 0. The Labute approximate surface area is 123 Å². The summed E-state index contributed by atoms with van der Waals surface area (Å²) in [7, 11) is 0. The van der Waals surface area contributed by atoms with E-state index in [1.807, 2.05) is 12.4 Å². The number of rotatable bonds is 5. The third kappa shape index (κ3) is 3.04. The van der Waals surface area contributed by atoms with Gasteiger partial charge in [-0.05, 0) is 48.9 Å². The van der Waals surface area contributed by atoms with Gasteiger partial charge in [-0.3, -0.25) is 9.88 Å². The van der Waals surface area contributed by atoms with Gasteiger partial charge in [0, 0.05) is 31.0 Å². The quantitative estimate of drug-likeness (QED) is 0.898. The van der Waals surface area contributed by atoms with Crippen molar-refractivity contribution < 1.29 is 0 Å². The SMILES string of the molecule is CCN(Cc1ccncc1)C1(CN)CC(C)CCC1C. The average molecular weight is 275 g/mol. The van der Waals surface area contributed by atoms with Crippen molar-refractivity contribution in [1.82, 2.24) is 9.88 Å². The van der Waals surface area contributed by atoms with Gasteiger partial charge in [0.25, 0.3) is 0 Å². The summed E-state index contributed by atoms with van der Waals surface area (Å²) in [4.78, 5) is 6.71. The zero-order valence-electron chi connectivity index (χ0n) is 13.2. The normalized spacial score (nSPS) is 30.6. The van der Waals surface area contributed by atoms with Gasteiger partial charge < -0.3 is 5.73 Å². The highest BCUT2D eigenvalue weighted by Crippen LogP contribution is 2.41. The van der Waals surface area contributed by atoms with Gasteiger partial charge in [-0.2, -0.15) is 0 Å². The van der Waals surface area contributed by atoms with E-state index in [0.29, 0.717) is 5.92 Å². The number of hydrogen-bond acceptors (Lipinski definition) is 3. The highest BCUT2D eigenvalue weighted by atomic mass is 15.2. The molecule has 112 valence electrons. The number of aromatic nitrogens is 1. The van der Waals surface area contributed by atoms with Crippen LogP contribution in [-0.2, 0) is 6.54 Å². The van der Waals surface area contributed by atoms with E-state index in [-0.39, 0.29) is 5.54 Å². The molecule has 0 amide bonds. The number of hydrogen-bond donors (Lipinski definition) is 1. The van der Waals surface area contributed by atoms with Crippen LogP contribution < -0.4 is 5.73 Å². The molecule has 3 unspecified atom stereocenters. The van der Waals surface area contributed by atoms with E-state index in [1.54, 1.807) is 0 Å². The Morgan fingerprint density at radius 3 is 2.60 bits per heavy atom. The summed E-state index contributed by atoms with van der Waals surface area (Å²) in [6, 6.07) is 4.23. The Bertz CT molecular complexity index is 406. The molecule has 1 heterocycles. The maximum absolute atomic E-state index is 6.27. The van der Waals surface area contributed by atoms with Crippen molar-refractivity contribution in [2.75, 3.05) is 13.1 Å². The van der Waals surface area contributed by atoms with Gasteiger partial charge in [0.1, 0.15) is 0 Å². The van der Waals surface area contributed by atoms with Crippen LogP contribution in [0.1, 0.15) is 45.6 Å². The summed E-state index contributed by atoms with van der Waals surface area (Å²) in [6.45, 7) is 9.80. The van der Waals surface area contributed by atoms with Crippen molar-refractivity contribution in [2.45, 2.75) is 52.1 Å². The molecule has 0 aliphatic heterocycles. The molecule has 1 aliphatic rings. The molecule has 1 aromatic heterocycles. The molecule has 0 saturated heterocycles. The lowest BCUT2D eigenvalue weighted by Crippen LogP contribution is -2.60. The summed E-state index contributed by atoms with van der Waals surface area (Å²) >= 11 is 0. The Kier molecular flexibility index (Phi) is 5.17. The van der Waals surface area contributed by atoms with E-state index in [0.717, 1.165) is 25.6 Å². The minimum absolute atomic E-state index is 0.162. The molecule has 0 aromatic carbocycles. The predicted octanol–water partition coefficient (Wildman–Crippen LogP) is 3.06. The fourth-order valence-corrected chi connectivity index (χ4v) is 3.86. The largest absolute Gasteiger partial charge is 0.329 e. The summed E-state index contributed by atoms with van der Waals surface area (Å²) in [5.41, 5.74) is 7.76. The second-order valence-corrected chi connectivity index (χ2v) is 6.47. The van der Waals surface area contributed by atoms with Crippen molar-refractivity contribution >= 4 is 0 Å². The topological polar surface area (TPSA) is 42.2 Å². The third-order valence-corrected chi connectivity index (χ3v) is 5.20. The first-order valence-corrected chi connectivity index (χ1v) is 7.96. The van der Waals surface area contributed by atoms with Crippen molar-refractivity contribution in [1.29, 1.82) is 0 Å². The average Bonchev–Trinajstić information content (AvgIpc) is 2.48. The predicted molar refractivity (Wildman–Crippen MR) is 84.3 cm³/mol. The van der Waals surface area contributed by atoms with Crippen LogP contribution in [0.15, 0.2) is 24.5 Å². The van der Waals surface area contributed by atoms with Gasteiger partial charge in [0.2, 0.25) is 0 Å². The fourth-order valence-electron chi connectivity index (χ4n) is 3.86. The Morgan fingerprint density at radius 1 is 1.30 bits per heavy atom. The van der Waals surface area contributed by atoms with Crippen LogP contribution in [0, 0.1) is 11.8 Å². The smallest absolute Gasteiger partial charge is 0.0363 e. The summed E-state index contributed by atoms with van der Waals surface area (Å²) < 4.78 is 0. The molecule has 0 spiro atoms. The number of pyridine rings is 1. The van der Waals surface area contributed by atoms with E-state index in [9.17, 15) is 0 Å². The van der Waals surface area contributed by atoms with E-state index < -0.39 is 0 Å². The zero-order chi connectivity index (χ0) is 14.6. The molecule has 0 bridgehead atoms. The summed E-state index contributed by atoms with van der Waals surface area (Å²) in [5.74, 6) is 1.45. The highest BCUT2D eigenvalue weighted by Gasteiger charge is 2.43. The molecular formula is C17H29N3. The van der Waals surface area contributed by atoms with Gasteiger partial charge in [0.15, 0.2) is 0 Å². The monoisotopic (exact) mass is 275 g/mol. The van der Waals surface area contributed by atoms with E-state index in [4.69, 9.17) is 5.73 Å². The van der Waals surface area contributed by atoms with E-state index >= 15 is 0 Å². The third-order valence-electron chi connectivity index (χ3n) is 5.20. The van der Waals surface area contributed by atoms with Crippen LogP contribution in [0.25, 0.3) is 0 Å². The maximum atomic E-state index is 6.27. The molecule has 0 radical (unpaired) electrons. The van der Waals surface area contributed by atoms with Gasteiger partial charge in [-0.15, -0.1) is 0 Å². The molecule has 2 rings (SSSR count). The first-order valence-electron chi connectivity index (χ1n) is 7.96. The number of nitrogens with zero attached hydrogens (tertiary/aromatic N) is 2. The minimum Gasteiger partial charge on any atom is -0.329 e. The molecular weight excluding hydrogens is 246 g/mol. The fraction of sp³-hybridized carbons (Fsp3) is 0.706. The lowest BCUT2D eigenvalue weighted by Gasteiger charge is -2.51. The lowest BCUT2D eigenvalue weighted by molar-refractivity contribution is -0.00640. The standard InChI is InChI=1S/C17H29N3/c1-4-20(12-16-7-9-19-10-8-16)17(13-18)11-14(2)5-6-15(17)3/h7-10,14-15H,4-6,11-13,18H2,1-3H3. The summed E-state index contributed by atoms with van der Waals surface area (Å²) in [6.07, 6.45) is 7.63. The zero-order valence-corrected chi connectivity index (χ0v) is 13.2. The molecule has 1 aliphatic carbocycles. The van der Waals surface area contributed by atoms with Crippen LogP contribution in [0.4, 0.5) is 0 Å². The lowest BCUT2D eigenvalue weighted by atomic mass is 9.68. The van der Waals surface area contributed by atoms with E-state index in [2.05, 4.69) is 42.8 Å². The van der Waals surface area contributed by atoms with Gasteiger partial charge in [-0.25, -0.2) is 0 Å². The van der Waals surface area contributed by atoms with Crippen LogP contribution >= 0.6 is 0 Å². The van der Waals surface area contributed by atoms with Crippen molar-refractivity contribution in [2.24, 2.45) is 17.6 Å². The molecule has 1 fully saturated rings. The second-order valence-electron chi connectivity index (χ2n) is 6.47. The van der Waals surface area contributed by atoms with Gasteiger partial charge in [-0.1, -0.05) is 27.2 Å². The number of nitrogens with two attached hydrogens (primary N) is 1. The molecule has 3 heteroatoms. The molecule has 20 heavy (non-hydrogen) atoms. The second kappa shape index (κ2) is 6.68. The molecule has 2 N–H and O–H groups in total. The van der Waals surface area contributed by atoms with Crippen LogP contribution in [0.2, 0.25) is 0 Å². The van der Waals surface area contributed by atoms with Gasteiger partial charge >= 0.3 is 0 Å². The first kappa shape index (κ1) is 15.5. The molecule has 3 atom stereocenters. The van der Waals surface area contributed by atoms with Crippen LogP contribution in [-0.4, -0.2) is 28.5 Å². The minimum atomic E-state index is 0.162. The van der Waals surface area contributed by atoms with Gasteiger partial charge in [0.05, 0.1) is 0 Å². The van der Waals surface area contributed by atoms with Crippen LogP contribution in [0.3, 0.4) is 0 Å². The maximum Gasteiger partial charge on any atom is 0.0363 e. The first-order chi connectivity index (χ1) is 9.62. The Hall–Kier alpha value is -0.930. The Morgan fingerprint density at radius 2 is 2.00 bits per heavy atom. The van der Waals surface area contributed by atoms with Crippen molar-refractivity contribution in [3.05, 3.63) is 30.1 Å². The Balaban J connectivity index is 2.22. The van der Waals surface area contributed by atoms with Crippen molar-refractivity contribution in [3.8, 4) is 0 Å². The highest BCUT2D eigenvalue weighted by molar-refractivity contribution is 5.11. The molecule has 3 nitrogen and oxygen atoms in total. The molecule has 1 saturated carbocycles. The molecule has 1 aromatic rings. The van der Waals surface area contributed by atoms with Crippen molar-refractivity contribution in [3.63, 3.8) is 0 Å². The van der Waals surface area contributed by atoms with Crippen LogP contribution in [0.5, 0.6) is 0 Å². The van der Waals surface area contributed by atoms with E-state index in [1.165, 1.54) is 24.8 Å². The number of likely N-dealkylation sites (N-methyl/N-ethyl adjacent to an activating group) is 1.